The second-order valence-electron chi connectivity index (χ2n) is 6.00. The lowest BCUT2D eigenvalue weighted by Gasteiger charge is -2.31. The van der Waals surface area contributed by atoms with E-state index in [1.165, 1.54) is 12.1 Å². The van der Waals surface area contributed by atoms with E-state index < -0.39 is 23.0 Å². The second-order valence-corrected chi connectivity index (χ2v) is 6.00. The van der Waals surface area contributed by atoms with Gasteiger partial charge in [-0.25, -0.2) is 8.78 Å². The topological polar surface area (TPSA) is 46.2 Å². The standard InChI is InChI=1S/C16H17F2NO2/c17-12-6-10(7-13(18)9-12)5-11-8-14(20)16(15(11)21)1-3-19-4-2-16/h6-7,9,11,19H,1-5,8H2. The highest BCUT2D eigenvalue weighted by atomic mass is 19.1. The predicted octanol–water partition coefficient (Wildman–Crippen LogP) is 2.04. The molecule has 5 heteroatoms. The van der Waals surface area contributed by atoms with E-state index in [9.17, 15) is 18.4 Å². The second kappa shape index (κ2) is 5.30. The van der Waals surface area contributed by atoms with Crippen LogP contribution in [0.5, 0.6) is 0 Å². The van der Waals surface area contributed by atoms with Crippen LogP contribution in [0.15, 0.2) is 18.2 Å². The van der Waals surface area contributed by atoms with Crippen molar-refractivity contribution in [2.45, 2.75) is 25.7 Å². The third kappa shape index (κ3) is 2.50. The molecule has 0 radical (unpaired) electrons. The Kier molecular flexibility index (Phi) is 3.61. The van der Waals surface area contributed by atoms with Gasteiger partial charge in [-0.1, -0.05) is 0 Å². The molecule has 3 rings (SSSR count). The molecule has 1 aromatic carbocycles. The van der Waals surface area contributed by atoms with Gasteiger partial charge in [0.05, 0.1) is 5.41 Å². The summed E-state index contributed by atoms with van der Waals surface area (Å²) in [4.78, 5) is 24.9. The van der Waals surface area contributed by atoms with E-state index in [1.807, 2.05) is 0 Å². The van der Waals surface area contributed by atoms with E-state index in [-0.39, 0.29) is 24.4 Å². The molecule has 1 heterocycles. The van der Waals surface area contributed by atoms with E-state index in [0.29, 0.717) is 31.5 Å². The van der Waals surface area contributed by atoms with Gasteiger partial charge in [0, 0.05) is 18.4 Å². The largest absolute Gasteiger partial charge is 0.317 e. The Bertz CT molecular complexity index is 574. The SMILES string of the molecule is O=C1CC(Cc2cc(F)cc(F)c2)C(=O)C12CCNCC2. The minimum Gasteiger partial charge on any atom is -0.317 e. The molecule has 112 valence electrons. The number of halogens is 2. The van der Waals surface area contributed by atoms with E-state index in [4.69, 9.17) is 0 Å². The molecule has 1 N–H and O–H groups in total. The Balaban J connectivity index is 1.81. The van der Waals surface area contributed by atoms with Crippen LogP contribution in [-0.2, 0) is 16.0 Å². The summed E-state index contributed by atoms with van der Waals surface area (Å²) >= 11 is 0. The normalized spacial score (nSPS) is 24.8. The maximum atomic E-state index is 13.2. The summed E-state index contributed by atoms with van der Waals surface area (Å²) in [6.45, 7) is 1.33. The zero-order valence-electron chi connectivity index (χ0n) is 11.6. The fourth-order valence-corrected chi connectivity index (χ4v) is 3.60. The average molecular weight is 293 g/mol. The van der Waals surface area contributed by atoms with Crippen molar-refractivity contribution in [2.24, 2.45) is 11.3 Å². The van der Waals surface area contributed by atoms with Crippen molar-refractivity contribution < 1.29 is 18.4 Å². The summed E-state index contributed by atoms with van der Waals surface area (Å²) < 4.78 is 26.4. The van der Waals surface area contributed by atoms with Crippen molar-refractivity contribution in [1.82, 2.24) is 5.32 Å². The van der Waals surface area contributed by atoms with Gasteiger partial charge in [-0.15, -0.1) is 0 Å². The molecule has 0 bridgehead atoms. The molecule has 1 aliphatic carbocycles. The first kappa shape index (κ1) is 14.3. The van der Waals surface area contributed by atoms with Gasteiger partial charge < -0.3 is 5.32 Å². The maximum absolute atomic E-state index is 13.2. The lowest BCUT2D eigenvalue weighted by Crippen LogP contribution is -2.44. The Hall–Kier alpha value is -1.62. The summed E-state index contributed by atoms with van der Waals surface area (Å²) in [5, 5.41) is 3.15. The Labute approximate surface area is 121 Å². The Morgan fingerprint density at radius 3 is 2.33 bits per heavy atom. The number of piperidine rings is 1. The molecular weight excluding hydrogens is 276 g/mol. The Morgan fingerprint density at radius 1 is 1.10 bits per heavy atom. The van der Waals surface area contributed by atoms with Crippen LogP contribution in [-0.4, -0.2) is 24.7 Å². The summed E-state index contributed by atoms with van der Waals surface area (Å²) in [6, 6.07) is 3.27. The number of hydrogen-bond donors (Lipinski definition) is 1. The van der Waals surface area contributed by atoms with Gasteiger partial charge in [0.2, 0.25) is 0 Å². The summed E-state index contributed by atoms with van der Waals surface area (Å²) in [6.07, 6.45) is 1.50. The third-order valence-electron chi connectivity index (χ3n) is 4.67. The minimum absolute atomic E-state index is 0.00382. The average Bonchev–Trinajstić information content (AvgIpc) is 2.64. The predicted molar refractivity (Wildman–Crippen MR) is 72.7 cm³/mol. The maximum Gasteiger partial charge on any atom is 0.150 e. The van der Waals surface area contributed by atoms with E-state index in [1.54, 1.807) is 0 Å². The molecule has 1 saturated carbocycles. The molecule has 0 amide bonds. The van der Waals surface area contributed by atoms with Crippen molar-refractivity contribution in [2.75, 3.05) is 13.1 Å². The highest BCUT2D eigenvalue weighted by molar-refractivity contribution is 6.14. The molecule has 1 atom stereocenters. The van der Waals surface area contributed by atoms with Crippen molar-refractivity contribution in [1.29, 1.82) is 0 Å². The monoisotopic (exact) mass is 293 g/mol. The molecule has 0 aromatic heterocycles. The molecule has 1 spiro atoms. The minimum atomic E-state index is -0.845. The fraction of sp³-hybridized carbons (Fsp3) is 0.500. The van der Waals surface area contributed by atoms with Crippen LogP contribution in [0.3, 0.4) is 0 Å². The van der Waals surface area contributed by atoms with Gasteiger partial charge in [-0.3, -0.25) is 9.59 Å². The molecular formula is C16H17F2NO2. The molecule has 21 heavy (non-hydrogen) atoms. The Morgan fingerprint density at radius 2 is 1.71 bits per heavy atom. The highest BCUT2D eigenvalue weighted by Gasteiger charge is 2.54. The first-order valence-corrected chi connectivity index (χ1v) is 7.24. The first-order chi connectivity index (χ1) is 10.0. The van der Waals surface area contributed by atoms with Crippen LogP contribution in [0.4, 0.5) is 8.78 Å². The van der Waals surface area contributed by atoms with Crippen LogP contribution in [0, 0.1) is 23.0 Å². The molecule has 3 nitrogen and oxygen atoms in total. The summed E-state index contributed by atoms with van der Waals surface area (Å²) in [5.74, 6) is -1.80. The zero-order valence-corrected chi connectivity index (χ0v) is 11.6. The molecule has 1 aliphatic heterocycles. The lowest BCUT2D eigenvalue weighted by molar-refractivity contribution is -0.137. The van der Waals surface area contributed by atoms with E-state index in [2.05, 4.69) is 5.32 Å². The lowest BCUT2D eigenvalue weighted by atomic mass is 9.75. The van der Waals surface area contributed by atoms with Crippen LogP contribution in [0.2, 0.25) is 0 Å². The van der Waals surface area contributed by atoms with Gasteiger partial charge in [-0.05, 0) is 50.0 Å². The van der Waals surface area contributed by atoms with Crippen molar-refractivity contribution in [3.8, 4) is 0 Å². The van der Waals surface area contributed by atoms with Crippen LogP contribution in [0.25, 0.3) is 0 Å². The van der Waals surface area contributed by atoms with Crippen molar-refractivity contribution >= 4 is 11.6 Å². The quantitative estimate of drug-likeness (QED) is 0.849. The van der Waals surface area contributed by atoms with Crippen LogP contribution < -0.4 is 5.32 Å². The smallest absolute Gasteiger partial charge is 0.150 e. The fourth-order valence-electron chi connectivity index (χ4n) is 3.60. The number of hydrogen-bond acceptors (Lipinski definition) is 3. The van der Waals surface area contributed by atoms with E-state index >= 15 is 0 Å². The number of rotatable bonds is 2. The summed E-state index contributed by atoms with van der Waals surface area (Å²) in [7, 11) is 0. The molecule has 1 aromatic rings. The van der Waals surface area contributed by atoms with Crippen molar-refractivity contribution in [3.05, 3.63) is 35.4 Å². The van der Waals surface area contributed by atoms with Gasteiger partial charge in [0.25, 0.3) is 0 Å². The van der Waals surface area contributed by atoms with Gasteiger partial charge in [0.15, 0.2) is 0 Å². The number of ketones is 2. The van der Waals surface area contributed by atoms with Crippen LogP contribution in [0.1, 0.15) is 24.8 Å². The molecule has 2 fully saturated rings. The molecule has 1 saturated heterocycles. The van der Waals surface area contributed by atoms with Gasteiger partial charge in [0.1, 0.15) is 23.2 Å². The first-order valence-electron chi connectivity index (χ1n) is 7.24. The molecule has 1 unspecified atom stereocenters. The summed E-state index contributed by atoms with van der Waals surface area (Å²) in [5.41, 5.74) is -0.411. The zero-order chi connectivity index (χ0) is 15.0. The number of nitrogens with one attached hydrogen (secondary N) is 1. The molecule has 2 aliphatic rings. The van der Waals surface area contributed by atoms with E-state index in [0.717, 1.165) is 6.07 Å². The number of Topliss-reactive ketones (excluding diaryl/α,β-unsaturated/α-hetero) is 2. The highest BCUT2D eigenvalue weighted by Crippen LogP contribution is 2.43. The number of benzene rings is 1. The van der Waals surface area contributed by atoms with Crippen LogP contribution >= 0.6 is 0 Å². The third-order valence-corrected chi connectivity index (χ3v) is 4.67. The van der Waals surface area contributed by atoms with Gasteiger partial charge in [-0.2, -0.15) is 0 Å². The van der Waals surface area contributed by atoms with Gasteiger partial charge >= 0.3 is 0 Å². The number of carbonyl (C=O) groups excluding carboxylic acids is 2. The van der Waals surface area contributed by atoms with Crippen molar-refractivity contribution in [3.63, 3.8) is 0 Å². The number of carbonyl (C=O) groups is 2.